The molecule has 3 rings (SSSR count). The first kappa shape index (κ1) is 28.1. The van der Waals surface area contributed by atoms with Crippen LogP contribution in [0.4, 0.5) is 0 Å². The van der Waals surface area contributed by atoms with Crippen LogP contribution in [0.3, 0.4) is 0 Å². The van der Waals surface area contributed by atoms with Crippen LogP contribution in [0.1, 0.15) is 46.0 Å². The van der Waals surface area contributed by atoms with Crippen LogP contribution in [0, 0.1) is 22.7 Å². The topological polar surface area (TPSA) is 173 Å². The van der Waals surface area contributed by atoms with Crippen molar-refractivity contribution >= 4 is 34.1 Å². The number of fused-ring (bicyclic) bond motifs is 1. The Kier molecular flexibility index (Phi) is 8.45. The highest BCUT2D eigenvalue weighted by Gasteiger charge is 2.59. The maximum Gasteiger partial charge on any atom is 0.397 e. The number of rotatable bonds is 10. The Hall–Kier alpha value is -1.44. The zero-order valence-corrected chi connectivity index (χ0v) is 21.6. The zero-order chi connectivity index (χ0) is 26.2. The number of hydrogen-bond donors (Lipinski definition) is 4. The molecule has 0 radical (unpaired) electrons. The number of carbonyl (C=O) groups is 2. The number of ether oxygens (including phenoxy) is 1. The first-order chi connectivity index (χ1) is 16.2. The van der Waals surface area contributed by atoms with E-state index in [1.165, 1.54) is 11.8 Å². The molecule has 1 heterocycles. The number of allylic oxidation sites excluding steroid dienone is 1. The molecule has 1 unspecified atom stereocenters. The molecule has 7 atom stereocenters. The lowest BCUT2D eigenvalue weighted by molar-refractivity contribution is -0.144. The second-order valence-electron chi connectivity index (χ2n) is 10.3. The Morgan fingerprint density at radius 2 is 2.09 bits per heavy atom. The molecule has 12 heteroatoms. The molecule has 5 N–H and O–H groups in total. The summed E-state index contributed by atoms with van der Waals surface area (Å²) < 4.78 is 42.4. The number of thioether (sulfide) groups is 1. The van der Waals surface area contributed by atoms with Crippen LogP contribution in [0.2, 0.25) is 0 Å². The second kappa shape index (κ2) is 10.5. The molecule has 2 saturated carbocycles. The van der Waals surface area contributed by atoms with E-state index in [0.717, 1.165) is 5.57 Å². The van der Waals surface area contributed by atoms with Gasteiger partial charge in [-0.05, 0) is 55.4 Å². The molecule has 0 saturated heterocycles. The van der Waals surface area contributed by atoms with Gasteiger partial charge in [-0.25, -0.2) is 8.98 Å². The molecule has 0 aromatic carbocycles. The van der Waals surface area contributed by atoms with Gasteiger partial charge in [-0.3, -0.25) is 9.35 Å². The fraction of sp³-hybridized carbons (Fsp3) is 0.739. The number of aliphatic carboxylic acids is 1. The quantitative estimate of drug-likeness (QED) is 0.183. The number of cyclic esters (lactones) is 1. The molecule has 0 amide bonds. The van der Waals surface area contributed by atoms with E-state index in [1.807, 2.05) is 0 Å². The monoisotopic (exact) mass is 533 g/mol. The van der Waals surface area contributed by atoms with Crippen LogP contribution in [-0.4, -0.2) is 71.5 Å². The SMILES string of the molecule is C=C1CC[C@@H]2[C@](C)(CO)[C@H](OS(=O)(=O)O)CC[C@@]2(C)[C@@H]1CC(SC[C@H](N)C(=O)O)C1=CCOC1=O. The van der Waals surface area contributed by atoms with E-state index in [4.69, 9.17) is 14.7 Å². The summed E-state index contributed by atoms with van der Waals surface area (Å²) in [6.45, 7) is 8.03. The molecule has 0 aromatic heterocycles. The summed E-state index contributed by atoms with van der Waals surface area (Å²) in [5.41, 5.74) is 5.88. The number of esters is 1. The van der Waals surface area contributed by atoms with E-state index in [2.05, 4.69) is 13.5 Å². The van der Waals surface area contributed by atoms with E-state index in [-0.39, 0.29) is 36.1 Å². The zero-order valence-electron chi connectivity index (χ0n) is 20.0. The summed E-state index contributed by atoms with van der Waals surface area (Å²) in [7, 11) is -4.70. The van der Waals surface area contributed by atoms with Crippen molar-refractivity contribution in [1.29, 1.82) is 0 Å². The molecule has 0 aromatic rings. The number of carbonyl (C=O) groups excluding carboxylic acids is 1. The highest BCUT2D eigenvalue weighted by molar-refractivity contribution is 8.00. The van der Waals surface area contributed by atoms with Crippen molar-refractivity contribution in [2.75, 3.05) is 19.0 Å². The minimum absolute atomic E-state index is 0.0911. The van der Waals surface area contributed by atoms with E-state index in [1.54, 1.807) is 13.0 Å². The van der Waals surface area contributed by atoms with Gasteiger partial charge in [0, 0.05) is 22.0 Å². The second-order valence-corrected chi connectivity index (χ2v) is 12.6. The molecule has 10 nitrogen and oxygen atoms in total. The van der Waals surface area contributed by atoms with Crippen LogP contribution in [0.25, 0.3) is 0 Å². The molecule has 2 fully saturated rings. The normalized spacial score (nSPS) is 35.1. The lowest BCUT2D eigenvalue weighted by atomic mass is 9.46. The van der Waals surface area contributed by atoms with Gasteiger partial charge in [0.2, 0.25) is 0 Å². The van der Waals surface area contributed by atoms with Gasteiger partial charge in [-0.1, -0.05) is 26.0 Å². The van der Waals surface area contributed by atoms with Gasteiger partial charge in [-0.15, -0.1) is 0 Å². The summed E-state index contributed by atoms with van der Waals surface area (Å²) in [5, 5.41) is 19.2. The van der Waals surface area contributed by atoms with Crippen molar-refractivity contribution < 1.29 is 41.7 Å². The largest absolute Gasteiger partial charge is 0.480 e. The number of nitrogens with two attached hydrogens (primary N) is 1. The fourth-order valence-corrected chi connectivity index (χ4v) is 8.24. The average molecular weight is 534 g/mol. The van der Waals surface area contributed by atoms with Crippen molar-refractivity contribution in [3.63, 3.8) is 0 Å². The van der Waals surface area contributed by atoms with Crippen molar-refractivity contribution in [1.82, 2.24) is 0 Å². The van der Waals surface area contributed by atoms with Gasteiger partial charge in [0.1, 0.15) is 12.6 Å². The number of carboxylic acids is 1. The Labute approximate surface area is 210 Å². The summed E-state index contributed by atoms with van der Waals surface area (Å²) in [6, 6.07) is -1.08. The Balaban J connectivity index is 1.91. The molecule has 35 heavy (non-hydrogen) atoms. The van der Waals surface area contributed by atoms with Crippen molar-refractivity contribution in [2.24, 2.45) is 28.4 Å². The van der Waals surface area contributed by atoms with E-state index < -0.39 is 45.3 Å². The summed E-state index contributed by atoms with van der Waals surface area (Å²) in [4.78, 5) is 23.7. The third kappa shape index (κ3) is 5.78. The van der Waals surface area contributed by atoms with E-state index >= 15 is 0 Å². The molecule has 198 valence electrons. The predicted octanol–water partition coefficient (Wildman–Crippen LogP) is 1.94. The molecule has 2 aliphatic carbocycles. The van der Waals surface area contributed by atoms with Gasteiger partial charge in [0.25, 0.3) is 0 Å². The smallest absolute Gasteiger partial charge is 0.397 e. The maximum atomic E-state index is 12.4. The van der Waals surface area contributed by atoms with Crippen LogP contribution in [0.15, 0.2) is 23.8 Å². The third-order valence-electron chi connectivity index (χ3n) is 8.24. The molecular weight excluding hydrogens is 498 g/mol. The number of aliphatic hydroxyl groups is 1. The highest BCUT2D eigenvalue weighted by Crippen LogP contribution is 2.63. The molecule has 0 bridgehead atoms. The van der Waals surface area contributed by atoms with Gasteiger partial charge in [-0.2, -0.15) is 20.2 Å². The van der Waals surface area contributed by atoms with Crippen LogP contribution >= 0.6 is 11.8 Å². The highest BCUT2D eigenvalue weighted by atomic mass is 32.3. The molecular formula is C23H35NO9S2. The van der Waals surface area contributed by atoms with Crippen LogP contribution < -0.4 is 5.73 Å². The fourth-order valence-electron chi connectivity index (χ4n) is 6.35. The maximum absolute atomic E-state index is 12.4. The van der Waals surface area contributed by atoms with E-state index in [9.17, 15) is 32.8 Å². The third-order valence-corrected chi connectivity index (χ3v) is 10.1. The lowest BCUT2D eigenvalue weighted by Gasteiger charge is -2.60. The summed E-state index contributed by atoms with van der Waals surface area (Å²) >= 11 is 1.30. The van der Waals surface area contributed by atoms with Crippen LogP contribution in [0.5, 0.6) is 0 Å². The number of aliphatic hydroxyl groups excluding tert-OH is 1. The number of carboxylic acid groups (broad SMARTS) is 1. The van der Waals surface area contributed by atoms with Gasteiger partial charge in [0.15, 0.2) is 0 Å². The van der Waals surface area contributed by atoms with Crippen molar-refractivity contribution in [3.8, 4) is 0 Å². The van der Waals surface area contributed by atoms with E-state index in [0.29, 0.717) is 37.7 Å². The summed E-state index contributed by atoms with van der Waals surface area (Å²) in [6.07, 6.45) is 3.52. The van der Waals surface area contributed by atoms with Crippen molar-refractivity contribution in [3.05, 3.63) is 23.8 Å². The number of hydrogen-bond acceptors (Lipinski definition) is 9. The molecule has 0 spiro atoms. The standard InChI is InChI=1S/C23H35NO9S2/c1-13-4-5-18-22(2,8-6-19(23(18,3)12-25)33-35(29,30)31)15(13)10-17(14-7-9-32-21(14)28)34-11-16(24)20(26)27/h7,15-19,25H,1,4-6,8-12,24H2,2-3H3,(H,26,27)(H,29,30,31)/t15-,16+,17?,18+,19-,22+,23+/m1/s1. The summed E-state index contributed by atoms with van der Waals surface area (Å²) in [5.74, 6) is -1.67. The van der Waals surface area contributed by atoms with Crippen molar-refractivity contribution in [2.45, 2.75) is 63.3 Å². The van der Waals surface area contributed by atoms with Gasteiger partial charge < -0.3 is 20.7 Å². The molecule has 1 aliphatic heterocycles. The van der Waals surface area contributed by atoms with Crippen LogP contribution in [-0.2, 0) is 28.9 Å². The first-order valence-electron chi connectivity index (χ1n) is 11.6. The molecule has 3 aliphatic rings. The minimum Gasteiger partial charge on any atom is -0.480 e. The average Bonchev–Trinajstić information content (AvgIpc) is 3.19. The minimum atomic E-state index is -4.70. The Morgan fingerprint density at radius 1 is 1.40 bits per heavy atom. The van der Waals surface area contributed by atoms with Gasteiger partial charge >= 0.3 is 22.3 Å². The first-order valence-corrected chi connectivity index (χ1v) is 14.1. The van der Waals surface area contributed by atoms with Gasteiger partial charge in [0.05, 0.1) is 12.7 Å². The predicted molar refractivity (Wildman–Crippen MR) is 130 cm³/mol. The Morgan fingerprint density at radius 3 is 2.63 bits per heavy atom. The lowest BCUT2D eigenvalue weighted by Crippen LogP contribution is -2.58. The Bertz CT molecular complexity index is 997.